The number of aromatic nitrogens is 2. The Morgan fingerprint density at radius 3 is 3.11 bits per heavy atom. The first-order valence-electron chi connectivity index (χ1n) is 6.86. The zero-order chi connectivity index (χ0) is 12.7. The molecule has 1 aliphatic carbocycles. The van der Waals surface area contributed by atoms with Gasteiger partial charge >= 0.3 is 0 Å². The predicted molar refractivity (Wildman–Crippen MR) is 76.3 cm³/mol. The summed E-state index contributed by atoms with van der Waals surface area (Å²) in [6, 6.07) is 6.40. The summed E-state index contributed by atoms with van der Waals surface area (Å²) in [6.07, 6.45) is 6.73. The van der Waals surface area contributed by atoms with Crippen LogP contribution in [0.4, 0.5) is 11.5 Å². The van der Waals surface area contributed by atoms with Crippen LogP contribution >= 0.6 is 0 Å². The summed E-state index contributed by atoms with van der Waals surface area (Å²) >= 11 is 0. The maximum Gasteiger partial charge on any atom is 0.155 e. The lowest BCUT2D eigenvalue weighted by Gasteiger charge is -2.12. The summed E-state index contributed by atoms with van der Waals surface area (Å²) in [4.78, 5) is 4.29. The number of aliphatic imine (C=N–C) groups is 1. The van der Waals surface area contributed by atoms with Crippen LogP contribution in [0, 0.1) is 0 Å². The minimum Gasteiger partial charge on any atom is -0.339 e. The van der Waals surface area contributed by atoms with Gasteiger partial charge in [-0.25, -0.2) is 0 Å². The van der Waals surface area contributed by atoms with E-state index in [9.17, 15) is 0 Å². The van der Waals surface area contributed by atoms with Gasteiger partial charge in [0.2, 0.25) is 0 Å². The molecule has 0 atom stereocenters. The number of aryl methyl sites for hydroxylation is 1. The first-order chi connectivity index (χ1) is 9.40. The molecule has 1 aromatic carbocycles. The average molecular weight is 252 g/mol. The zero-order valence-electron chi connectivity index (χ0n) is 10.7. The molecule has 96 valence electrons. The van der Waals surface area contributed by atoms with E-state index in [-0.39, 0.29) is 0 Å². The van der Waals surface area contributed by atoms with Crippen LogP contribution in [0.3, 0.4) is 0 Å². The van der Waals surface area contributed by atoms with Crippen molar-refractivity contribution in [3.8, 4) is 0 Å². The summed E-state index contributed by atoms with van der Waals surface area (Å²) in [5.41, 5.74) is 6.27. The quantitative estimate of drug-likeness (QED) is 0.863. The van der Waals surface area contributed by atoms with Gasteiger partial charge in [-0.05, 0) is 48.9 Å². The van der Waals surface area contributed by atoms with Crippen molar-refractivity contribution < 1.29 is 0 Å². The van der Waals surface area contributed by atoms with Gasteiger partial charge in [0.25, 0.3) is 0 Å². The Bertz CT molecular complexity index is 654. The smallest absolute Gasteiger partial charge is 0.155 e. The van der Waals surface area contributed by atoms with E-state index in [1.165, 1.54) is 35.2 Å². The van der Waals surface area contributed by atoms with Crippen molar-refractivity contribution in [1.29, 1.82) is 0 Å². The highest BCUT2D eigenvalue weighted by Gasteiger charge is 2.17. The minimum atomic E-state index is 0.813. The van der Waals surface area contributed by atoms with E-state index < -0.39 is 0 Å². The molecule has 0 saturated heterocycles. The number of benzene rings is 1. The second-order valence-electron chi connectivity index (χ2n) is 5.24. The third kappa shape index (κ3) is 1.84. The molecule has 0 fully saturated rings. The van der Waals surface area contributed by atoms with E-state index in [1.54, 1.807) is 0 Å². The van der Waals surface area contributed by atoms with Crippen LogP contribution in [-0.4, -0.2) is 16.4 Å². The van der Waals surface area contributed by atoms with Crippen LogP contribution in [0.25, 0.3) is 0 Å². The minimum absolute atomic E-state index is 0.813. The van der Waals surface area contributed by atoms with E-state index in [4.69, 9.17) is 0 Å². The SMILES string of the molecule is C1=NCc2ccc(Nc3n[nH]c4c3CCCC4)cc21. The van der Waals surface area contributed by atoms with Crippen molar-refractivity contribution in [3.05, 3.63) is 40.6 Å². The van der Waals surface area contributed by atoms with Gasteiger partial charge in [-0.2, -0.15) is 5.10 Å². The highest BCUT2D eigenvalue weighted by atomic mass is 15.2. The number of fused-ring (bicyclic) bond motifs is 2. The molecule has 0 bridgehead atoms. The molecule has 1 aromatic heterocycles. The molecule has 19 heavy (non-hydrogen) atoms. The van der Waals surface area contributed by atoms with E-state index in [2.05, 4.69) is 38.7 Å². The molecule has 1 aliphatic heterocycles. The monoisotopic (exact) mass is 252 g/mol. The molecular formula is C15H16N4. The largest absolute Gasteiger partial charge is 0.339 e. The Labute approximate surface area is 112 Å². The predicted octanol–water partition coefficient (Wildman–Crippen LogP) is 2.96. The number of nitrogens with zero attached hydrogens (tertiary/aromatic N) is 2. The van der Waals surface area contributed by atoms with Crippen LogP contribution in [-0.2, 0) is 19.4 Å². The maximum absolute atomic E-state index is 4.42. The number of nitrogens with one attached hydrogen (secondary N) is 2. The molecule has 4 rings (SSSR count). The molecule has 2 aliphatic rings. The van der Waals surface area contributed by atoms with Gasteiger partial charge in [0.05, 0.1) is 6.54 Å². The molecule has 0 spiro atoms. The van der Waals surface area contributed by atoms with Gasteiger partial charge in [0.15, 0.2) is 5.82 Å². The Hall–Kier alpha value is -2.10. The van der Waals surface area contributed by atoms with Crippen molar-refractivity contribution in [2.24, 2.45) is 4.99 Å². The van der Waals surface area contributed by atoms with Crippen molar-refractivity contribution in [2.75, 3.05) is 5.32 Å². The van der Waals surface area contributed by atoms with Gasteiger partial charge < -0.3 is 5.32 Å². The summed E-state index contributed by atoms with van der Waals surface area (Å²) in [5, 5.41) is 11.0. The summed E-state index contributed by atoms with van der Waals surface area (Å²) in [7, 11) is 0. The van der Waals surface area contributed by atoms with Crippen LogP contribution in [0.2, 0.25) is 0 Å². The number of hydrogen-bond acceptors (Lipinski definition) is 3. The number of anilines is 2. The third-order valence-electron chi connectivity index (χ3n) is 3.96. The molecule has 4 heteroatoms. The van der Waals surface area contributed by atoms with Crippen LogP contribution in [0.15, 0.2) is 23.2 Å². The van der Waals surface area contributed by atoms with E-state index in [0.717, 1.165) is 30.9 Å². The molecule has 0 saturated carbocycles. The highest BCUT2D eigenvalue weighted by Crippen LogP contribution is 2.28. The van der Waals surface area contributed by atoms with Gasteiger partial charge in [0.1, 0.15) is 0 Å². The van der Waals surface area contributed by atoms with Gasteiger partial charge in [0, 0.05) is 23.2 Å². The van der Waals surface area contributed by atoms with E-state index in [1.807, 2.05) is 6.21 Å². The lowest BCUT2D eigenvalue weighted by atomic mass is 9.97. The Kier molecular flexibility index (Phi) is 2.40. The fourth-order valence-electron chi connectivity index (χ4n) is 2.90. The fourth-order valence-corrected chi connectivity index (χ4v) is 2.90. The van der Waals surface area contributed by atoms with Gasteiger partial charge in [-0.3, -0.25) is 10.1 Å². The standard InChI is InChI=1S/C15H16N4/c1-2-4-14-13(3-1)15(19-18-14)17-12-6-5-10-8-16-9-11(10)7-12/h5-7,9H,1-4,8H2,(H2,17,18,19). The Balaban J connectivity index is 1.64. The van der Waals surface area contributed by atoms with E-state index in [0.29, 0.717) is 0 Å². The summed E-state index contributed by atoms with van der Waals surface area (Å²) in [5.74, 6) is 0.990. The Morgan fingerprint density at radius 2 is 2.11 bits per heavy atom. The van der Waals surface area contributed by atoms with Gasteiger partial charge in [-0.15, -0.1) is 0 Å². The second kappa shape index (κ2) is 4.23. The Morgan fingerprint density at radius 1 is 1.16 bits per heavy atom. The van der Waals surface area contributed by atoms with Crippen molar-refractivity contribution in [3.63, 3.8) is 0 Å². The molecule has 0 amide bonds. The highest BCUT2D eigenvalue weighted by molar-refractivity contribution is 5.86. The van der Waals surface area contributed by atoms with Crippen molar-refractivity contribution >= 4 is 17.7 Å². The van der Waals surface area contributed by atoms with Crippen molar-refractivity contribution in [1.82, 2.24) is 10.2 Å². The molecule has 0 radical (unpaired) electrons. The second-order valence-corrected chi connectivity index (χ2v) is 5.24. The molecule has 2 aromatic rings. The van der Waals surface area contributed by atoms with Crippen molar-refractivity contribution in [2.45, 2.75) is 32.2 Å². The average Bonchev–Trinajstić information content (AvgIpc) is 3.06. The number of rotatable bonds is 2. The third-order valence-corrected chi connectivity index (χ3v) is 3.96. The zero-order valence-corrected chi connectivity index (χ0v) is 10.7. The molecular weight excluding hydrogens is 236 g/mol. The molecule has 4 nitrogen and oxygen atoms in total. The lowest BCUT2D eigenvalue weighted by Crippen LogP contribution is -2.02. The fraction of sp³-hybridized carbons (Fsp3) is 0.333. The van der Waals surface area contributed by atoms with Gasteiger partial charge in [-0.1, -0.05) is 6.07 Å². The molecule has 2 N–H and O–H groups in total. The first kappa shape index (κ1) is 10.8. The number of hydrogen-bond donors (Lipinski definition) is 2. The van der Waals surface area contributed by atoms with Crippen LogP contribution in [0.1, 0.15) is 35.2 Å². The molecule has 0 unspecified atom stereocenters. The normalized spacial score (nSPS) is 16.2. The van der Waals surface area contributed by atoms with Crippen LogP contribution in [0.5, 0.6) is 0 Å². The summed E-state index contributed by atoms with van der Waals surface area (Å²) in [6.45, 7) is 0.813. The topological polar surface area (TPSA) is 53.1 Å². The summed E-state index contributed by atoms with van der Waals surface area (Å²) < 4.78 is 0. The van der Waals surface area contributed by atoms with E-state index >= 15 is 0 Å². The first-order valence-corrected chi connectivity index (χ1v) is 6.86. The molecule has 2 heterocycles. The maximum atomic E-state index is 4.42. The lowest BCUT2D eigenvalue weighted by molar-refractivity contribution is 0.675. The number of H-pyrrole nitrogens is 1. The van der Waals surface area contributed by atoms with Crippen LogP contribution < -0.4 is 5.32 Å². The number of aromatic amines is 1.